The Bertz CT molecular complexity index is 1180. The molecule has 2 aromatic carbocycles. The summed E-state index contributed by atoms with van der Waals surface area (Å²) in [6.45, 7) is 7.17. The third kappa shape index (κ3) is 5.71. The van der Waals surface area contributed by atoms with Crippen molar-refractivity contribution in [2.24, 2.45) is 0 Å². The molecular weight excluding hydrogens is 446 g/mol. The summed E-state index contributed by atoms with van der Waals surface area (Å²) in [5, 5.41) is 4.55. The first kappa shape index (κ1) is 24.3. The van der Waals surface area contributed by atoms with Gasteiger partial charge in [-0.05, 0) is 48.6 Å². The molecule has 0 aliphatic rings. The van der Waals surface area contributed by atoms with Crippen LogP contribution in [-0.2, 0) is 16.1 Å². The number of halogens is 1. The second-order valence-corrected chi connectivity index (χ2v) is 9.27. The van der Waals surface area contributed by atoms with Crippen LogP contribution in [0.25, 0.3) is 10.9 Å². The van der Waals surface area contributed by atoms with Crippen molar-refractivity contribution in [1.29, 1.82) is 0 Å². The highest BCUT2D eigenvalue weighted by atomic mass is 35.5. The number of nitrogens with zero attached hydrogens (tertiary/aromatic N) is 2. The molecule has 8 heteroatoms. The van der Waals surface area contributed by atoms with E-state index in [0.29, 0.717) is 40.7 Å². The molecule has 0 fully saturated rings. The number of hydrogen-bond donors (Lipinski definition) is 1. The van der Waals surface area contributed by atoms with Crippen LogP contribution in [0.15, 0.2) is 46.3 Å². The number of anilines is 1. The molecule has 170 valence electrons. The van der Waals surface area contributed by atoms with Gasteiger partial charge < -0.3 is 10.1 Å². The van der Waals surface area contributed by atoms with E-state index in [1.54, 1.807) is 29.9 Å². The maximum Gasteiger partial charge on any atom is 0.262 e. The van der Waals surface area contributed by atoms with Crippen LogP contribution in [0.3, 0.4) is 0 Å². The summed E-state index contributed by atoms with van der Waals surface area (Å²) in [6.07, 6.45) is 0.665. The molecule has 0 bridgehead atoms. The fraction of sp³-hybridized carbons (Fsp3) is 0.375. The largest absolute Gasteiger partial charge is 0.385 e. The first-order valence-corrected chi connectivity index (χ1v) is 11.9. The first-order chi connectivity index (χ1) is 15.3. The smallest absolute Gasteiger partial charge is 0.262 e. The van der Waals surface area contributed by atoms with Gasteiger partial charge in [0.1, 0.15) is 0 Å². The van der Waals surface area contributed by atoms with E-state index in [0.717, 1.165) is 16.8 Å². The van der Waals surface area contributed by atoms with Gasteiger partial charge in [-0.2, -0.15) is 0 Å². The van der Waals surface area contributed by atoms with Crippen molar-refractivity contribution < 1.29 is 9.53 Å². The standard InChI is InChI=1S/C24H28ClN3O3S/c1-15(2)18-8-5-7-16(3)22(18)27-21(29)14-32-24-26-20-13-17(25)9-10-19(20)23(30)28(24)11-6-12-31-4/h5,7-10,13,15H,6,11-12,14H2,1-4H3,(H,27,29). The van der Waals surface area contributed by atoms with Crippen molar-refractivity contribution in [2.75, 3.05) is 24.8 Å². The minimum Gasteiger partial charge on any atom is -0.385 e. The van der Waals surface area contributed by atoms with E-state index in [4.69, 9.17) is 16.3 Å². The number of thioether (sulfide) groups is 1. The van der Waals surface area contributed by atoms with Crippen molar-refractivity contribution >= 4 is 45.9 Å². The predicted octanol–water partition coefficient (Wildman–Crippen LogP) is 5.25. The first-order valence-electron chi connectivity index (χ1n) is 10.5. The maximum absolute atomic E-state index is 13.1. The van der Waals surface area contributed by atoms with E-state index in [1.165, 1.54) is 11.8 Å². The normalized spacial score (nSPS) is 11.3. The van der Waals surface area contributed by atoms with Crippen LogP contribution in [0.4, 0.5) is 5.69 Å². The van der Waals surface area contributed by atoms with E-state index >= 15 is 0 Å². The van der Waals surface area contributed by atoms with Gasteiger partial charge in [-0.25, -0.2) is 4.98 Å². The molecule has 1 N–H and O–H groups in total. The quantitative estimate of drug-likeness (QED) is 0.261. The van der Waals surface area contributed by atoms with Crippen LogP contribution in [0.2, 0.25) is 5.02 Å². The van der Waals surface area contributed by atoms with Gasteiger partial charge in [0.05, 0.1) is 16.7 Å². The summed E-state index contributed by atoms with van der Waals surface area (Å²) in [5.41, 5.74) is 3.34. The molecule has 0 aliphatic heterocycles. The van der Waals surface area contributed by atoms with Gasteiger partial charge in [-0.15, -0.1) is 0 Å². The van der Waals surface area contributed by atoms with E-state index in [9.17, 15) is 9.59 Å². The van der Waals surface area contributed by atoms with Gasteiger partial charge in [0.15, 0.2) is 5.16 Å². The van der Waals surface area contributed by atoms with Crippen molar-refractivity contribution in [3.8, 4) is 0 Å². The second-order valence-electron chi connectivity index (χ2n) is 7.89. The number of amides is 1. The Balaban J connectivity index is 1.85. The minimum absolute atomic E-state index is 0.134. The Hall–Kier alpha value is -2.35. The van der Waals surface area contributed by atoms with Gasteiger partial charge in [0.2, 0.25) is 5.91 Å². The number of carbonyl (C=O) groups excluding carboxylic acids is 1. The molecule has 0 unspecified atom stereocenters. The van der Waals surface area contributed by atoms with Gasteiger partial charge in [-0.1, -0.05) is 55.4 Å². The van der Waals surface area contributed by atoms with Crippen LogP contribution in [-0.4, -0.2) is 34.9 Å². The molecule has 1 aromatic heterocycles. The number of nitrogens with one attached hydrogen (secondary N) is 1. The number of fused-ring (bicyclic) bond motifs is 1. The molecule has 3 rings (SSSR count). The number of ether oxygens (including phenoxy) is 1. The molecule has 0 radical (unpaired) electrons. The lowest BCUT2D eigenvalue weighted by atomic mass is 9.98. The van der Waals surface area contributed by atoms with Crippen LogP contribution in [0.5, 0.6) is 0 Å². The number of aromatic nitrogens is 2. The Labute approximate surface area is 197 Å². The number of benzene rings is 2. The van der Waals surface area contributed by atoms with Gasteiger partial charge in [-0.3, -0.25) is 14.2 Å². The summed E-state index contributed by atoms with van der Waals surface area (Å²) in [7, 11) is 1.63. The summed E-state index contributed by atoms with van der Waals surface area (Å²) in [5.74, 6) is 0.278. The molecule has 0 saturated heterocycles. The van der Waals surface area contributed by atoms with Crippen molar-refractivity contribution in [2.45, 2.75) is 44.8 Å². The molecule has 1 heterocycles. The van der Waals surface area contributed by atoms with Crippen molar-refractivity contribution in [3.05, 3.63) is 62.9 Å². The molecule has 6 nitrogen and oxygen atoms in total. The van der Waals surface area contributed by atoms with Gasteiger partial charge in [0.25, 0.3) is 5.56 Å². The molecular formula is C24H28ClN3O3S. The van der Waals surface area contributed by atoms with E-state index in [2.05, 4.69) is 24.1 Å². The molecule has 32 heavy (non-hydrogen) atoms. The zero-order valence-corrected chi connectivity index (χ0v) is 20.3. The fourth-order valence-corrected chi connectivity index (χ4v) is 4.49. The van der Waals surface area contributed by atoms with Crippen LogP contribution < -0.4 is 10.9 Å². The van der Waals surface area contributed by atoms with Crippen LogP contribution in [0, 0.1) is 6.92 Å². The van der Waals surface area contributed by atoms with Gasteiger partial charge >= 0.3 is 0 Å². The molecule has 3 aromatic rings. The molecule has 0 spiro atoms. The maximum atomic E-state index is 13.1. The third-order valence-corrected chi connectivity index (χ3v) is 6.35. The number of hydrogen-bond acceptors (Lipinski definition) is 5. The number of para-hydroxylation sites is 1. The van der Waals surface area contributed by atoms with Crippen molar-refractivity contribution in [1.82, 2.24) is 9.55 Å². The number of methoxy groups -OCH3 is 1. The lowest BCUT2D eigenvalue weighted by Crippen LogP contribution is -2.25. The van der Waals surface area contributed by atoms with Gasteiger partial charge in [0, 0.05) is 31.0 Å². The average molecular weight is 474 g/mol. The zero-order chi connectivity index (χ0) is 23.3. The lowest BCUT2D eigenvalue weighted by Gasteiger charge is -2.17. The summed E-state index contributed by atoms with van der Waals surface area (Å²) < 4.78 is 6.74. The predicted molar refractivity (Wildman–Crippen MR) is 132 cm³/mol. The summed E-state index contributed by atoms with van der Waals surface area (Å²) in [6, 6.07) is 11.1. The lowest BCUT2D eigenvalue weighted by molar-refractivity contribution is -0.113. The van der Waals surface area contributed by atoms with Crippen molar-refractivity contribution in [3.63, 3.8) is 0 Å². The Morgan fingerprint density at radius 2 is 2.06 bits per heavy atom. The van der Waals surface area contributed by atoms with Crippen LogP contribution in [0.1, 0.15) is 37.3 Å². The Morgan fingerprint density at radius 3 is 2.78 bits per heavy atom. The fourth-order valence-electron chi connectivity index (χ4n) is 3.50. The molecule has 1 amide bonds. The van der Waals surface area contributed by atoms with E-state index in [-0.39, 0.29) is 23.1 Å². The number of carbonyl (C=O) groups is 1. The summed E-state index contributed by atoms with van der Waals surface area (Å²) in [4.78, 5) is 30.5. The van der Waals surface area contributed by atoms with E-state index in [1.807, 2.05) is 25.1 Å². The topological polar surface area (TPSA) is 73.2 Å². The Kier molecular flexibility index (Phi) is 8.34. The molecule has 0 atom stereocenters. The Morgan fingerprint density at radius 1 is 1.28 bits per heavy atom. The average Bonchev–Trinajstić information content (AvgIpc) is 2.75. The van der Waals surface area contributed by atoms with Crippen LogP contribution >= 0.6 is 23.4 Å². The second kappa shape index (κ2) is 11.0. The number of aryl methyl sites for hydroxylation is 1. The molecule has 0 aliphatic carbocycles. The SMILES string of the molecule is COCCCn1c(SCC(=O)Nc2c(C)cccc2C(C)C)nc2cc(Cl)ccc2c1=O. The highest BCUT2D eigenvalue weighted by Crippen LogP contribution is 2.28. The highest BCUT2D eigenvalue weighted by Gasteiger charge is 2.16. The summed E-state index contributed by atoms with van der Waals surface area (Å²) >= 11 is 7.35. The third-order valence-electron chi connectivity index (χ3n) is 5.14. The highest BCUT2D eigenvalue weighted by molar-refractivity contribution is 7.99. The number of rotatable bonds is 9. The van der Waals surface area contributed by atoms with E-state index < -0.39 is 0 Å². The minimum atomic E-state index is -0.147. The molecule has 0 saturated carbocycles. The monoisotopic (exact) mass is 473 g/mol. The zero-order valence-electron chi connectivity index (χ0n) is 18.8.